The second-order valence-electron chi connectivity index (χ2n) is 4.76. The third-order valence-electron chi connectivity index (χ3n) is 3.38. The number of nitriles is 1. The number of benzene rings is 2. The molecule has 0 radical (unpaired) electrons. The van der Waals surface area contributed by atoms with Gasteiger partial charge in [0.15, 0.2) is 5.69 Å². The van der Waals surface area contributed by atoms with Gasteiger partial charge in [-0.15, -0.1) is 10.2 Å². The van der Waals surface area contributed by atoms with Crippen molar-refractivity contribution in [3.05, 3.63) is 59.8 Å². The van der Waals surface area contributed by atoms with Gasteiger partial charge in [0.05, 0.1) is 18.3 Å². The van der Waals surface area contributed by atoms with Crippen LogP contribution < -0.4 is 10.1 Å². The normalized spacial score (nSPS) is 10.2. The Morgan fingerprint density at radius 1 is 1.14 bits per heavy atom. The fraction of sp³-hybridized carbons (Fsp3) is 0.118. The number of hydrogen-bond donors (Lipinski definition) is 1. The Balaban J connectivity index is 1.94. The van der Waals surface area contributed by atoms with Crippen LogP contribution in [-0.2, 0) is 6.54 Å². The van der Waals surface area contributed by atoms with Crippen LogP contribution in [0, 0.1) is 11.3 Å². The molecule has 108 valence electrons. The van der Waals surface area contributed by atoms with Crippen molar-refractivity contribution in [3.63, 3.8) is 0 Å². The van der Waals surface area contributed by atoms with E-state index >= 15 is 0 Å². The molecular weight excluding hydrogens is 276 g/mol. The first-order valence-corrected chi connectivity index (χ1v) is 6.84. The van der Waals surface area contributed by atoms with E-state index in [1.165, 1.54) is 0 Å². The van der Waals surface area contributed by atoms with Crippen molar-refractivity contribution in [1.29, 1.82) is 5.26 Å². The molecule has 2 aromatic carbocycles. The van der Waals surface area contributed by atoms with E-state index < -0.39 is 0 Å². The lowest BCUT2D eigenvalue weighted by Crippen LogP contribution is -2.04. The number of hydrogen-bond acceptors (Lipinski definition) is 5. The molecule has 22 heavy (non-hydrogen) atoms. The van der Waals surface area contributed by atoms with E-state index in [4.69, 9.17) is 4.74 Å². The summed E-state index contributed by atoms with van der Waals surface area (Å²) in [6, 6.07) is 17.5. The van der Waals surface area contributed by atoms with Gasteiger partial charge in [0.2, 0.25) is 0 Å². The molecule has 0 unspecified atom stereocenters. The van der Waals surface area contributed by atoms with Gasteiger partial charge in [0, 0.05) is 11.9 Å². The maximum absolute atomic E-state index is 9.24. The third kappa shape index (κ3) is 2.67. The fourth-order valence-electron chi connectivity index (χ4n) is 2.28. The Kier molecular flexibility index (Phi) is 3.84. The van der Waals surface area contributed by atoms with Crippen molar-refractivity contribution >= 4 is 16.6 Å². The molecule has 3 rings (SSSR count). The predicted octanol–water partition coefficient (Wildman–Crippen LogP) is 3.12. The Morgan fingerprint density at radius 3 is 2.82 bits per heavy atom. The summed E-state index contributed by atoms with van der Waals surface area (Å²) in [5, 5.41) is 21.5. The Hall–Kier alpha value is -3.13. The number of anilines is 1. The summed E-state index contributed by atoms with van der Waals surface area (Å²) in [6.07, 6.45) is 0. The van der Waals surface area contributed by atoms with Crippen LogP contribution >= 0.6 is 0 Å². The zero-order chi connectivity index (χ0) is 15.4. The standard InChI is InChI=1S/C17H14N4O/c1-22-13-6-4-5-12(9-13)11-19-17-14-7-2-3-8-15(14)20-21-16(17)10-18/h2-9H,11H2,1H3,(H,19,20). The SMILES string of the molecule is COc1cccc(CNc2c(C#N)nnc3ccccc23)c1. The highest BCUT2D eigenvalue weighted by Gasteiger charge is 2.09. The molecule has 5 heteroatoms. The van der Waals surface area contributed by atoms with Crippen LogP contribution in [0.1, 0.15) is 11.3 Å². The average Bonchev–Trinajstić information content (AvgIpc) is 2.59. The summed E-state index contributed by atoms with van der Waals surface area (Å²) in [5.41, 5.74) is 2.82. The van der Waals surface area contributed by atoms with Crippen LogP contribution in [0.2, 0.25) is 0 Å². The first-order valence-electron chi connectivity index (χ1n) is 6.84. The molecule has 0 aliphatic heterocycles. The monoisotopic (exact) mass is 290 g/mol. The highest BCUT2D eigenvalue weighted by Crippen LogP contribution is 2.24. The molecule has 0 amide bonds. The Bertz CT molecular complexity index is 855. The summed E-state index contributed by atoms with van der Waals surface area (Å²) in [7, 11) is 1.64. The van der Waals surface area contributed by atoms with Gasteiger partial charge in [-0.05, 0) is 23.8 Å². The second kappa shape index (κ2) is 6.10. The van der Waals surface area contributed by atoms with Gasteiger partial charge in [0.25, 0.3) is 0 Å². The van der Waals surface area contributed by atoms with Crippen LogP contribution in [0.15, 0.2) is 48.5 Å². The minimum absolute atomic E-state index is 0.293. The van der Waals surface area contributed by atoms with E-state index in [2.05, 4.69) is 21.6 Å². The van der Waals surface area contributed by atoms with Crippen LogP contribution in [0.3, 0.4) is 0 Å². The summed E-state index contributed by atoms with van der Waals surface area (Å²) >= 11 is 0. The first kappa shape index (κ1) is 13.8. The van der Waals surface area contributed by atoms with E-state index in [0.29, 0.717) is 17.9 Å². The van der Waals surface area contributed by atoms with Gasteiger partial charge in [-0.3, -0.25) is 0 Å². The second-order valence-corrected chi connectivity index (χ2v) is 4.76. The summed E-state index contributed by atoms with van der Waals surface area (Å²) in [4.78, 5) is 0. The van der Waals surface area contributed by atoms with Crippen LogP contribution in [0.25, 0.3) is 10.9 Å². The van der Waals surface area contributed by atoms with E-state index in [-0.39, 0.29) is 0 Å². The number of methoxy groups -OCH3 is 1. The highest BCUT2D eigenvalue weighted by molar-refractivity contribution is 5.92. The number of ether oxygens (including phenoxy) is 1. The van der Waals surface area contributed by atoms with Gasteiger partial charge in [-0.2, -0.15) is 5.26 Å². The molecule has 0 spiro atoms. The molecule has 1 heterocycles. The molecule has 3 aromatic rings. The molecule has 5 nitrogen and oxygen atoms in total. The molecular formula is C17H14N4O. The highest BCUT2D eigenvalue weighted by atomic mass is 16.5. The molecule has 0 aliphatic rings. The Labute approximate surface area is 128 Å². The molecule has 0 saturated heterocycles. The maximum Gasteiger partial charge on any atom is 0.186 e. The Morgan fingerprint density at radius 2 is 2.00 bits per heavy atom. The number of fused-ring (bicyclic) bond motifs is 1. The first-order chi connectivity index (χ1) is 10.8. The summed E-state index contributed by atoms with van der Waals surface area (Å²) in [6.45, 7) is 0.571. The van der Waals surface area contributed by atoms with E-state index in [9.17, 15) is 5.26 Å². The van der Waals surface area contributed by atoms with Crippen molar-refractivity contribution < 1.29 is 4.74 Å². The maximum atomic E-state index is 9.24. The molecule has 0 atom stereocenters. The molecule has 0 fully saturated rings. The minimum Gasteiger partial charge on any atom is -0.497 e. The molecule has 1 aromatic heterocycles. The largest absolute Gasteiger partial charge is 0.497 e. The smallest absolute Gasteiger partial charge is 0.186 e. The van der Waals surface area contributed by atoms with Crippen molar-refractivity contribution in [3.8, 4) is 11.8 Å². The number of nitrogens with one attached hydrogen (secondary N) is 1. The van der Waals surface area contributed by atoms with Gasteiger partial charge >= 0.3 is 0 Å². The van der Waals surface area contributed by atoms with Crippen LogP contribution in [0.5, 0.6) is 5.75 Å². The minimum atomic E-state index is 0.293. The molecule has 0 aliphatic carbocycles. The number of rotatable bonds is 4. The zero-order valence-corrected chi connectivity index (χ0v) is 12.1. The third-order valence-corrected chi connectivity index (χ3v) is 3.38. The lowest BCUT2D eigenvalue weighted by Gasteiger charge is -2.11. The molecule has 0 bridgehead atoms. The molecule has 0 saturated carbocycles. The van der Waals surface area contributed by atoms with Gasteiger partial charge in [-0.25, -0.2) is 0 Å². The van der Waals surface area contributed by atoms with E-state index in [1.54, 1.807) is 7.11 Å². The fourth-order valence-corrected chi connectivity index (χ4v) is 2.28. The van der Waals surface area contributed by atoms with Crippen molar-refractivity contribution in [2.75, 3.05) is 12.4 Å². The number of aromatic nitrogens is 2. The van der Waals surface area contributed by atoms with Crippen LogP contribution in [-0.4, -0.2) is 17.3 Å². The van der Waals surface area contributed by atoms with Crippen molar-refractivity contribution in [1.82, 2.24) is 10.2 Å². The number of nitrogens with zero attached hydrogens (tertiary/aromatic N) is 3. The quantitative estimate of drug-likeness (QED) is 0.799. The zero-order valence-electron chi connectivity index (χ0n) is 12.1. The van der Waals surface area contributed by atoms with Crippen molar-refractivity contribution in [2.45, 2.75) is 6.54 Å². The topological polar surface area (TPSA) is 70.8 Å². The van der Waals surface area contributed by atoms with Gasteiger partial charge < -0.3 is 10.1 Å². The average molecular weight is 290 g/mol. The van der Waals surface area contributed by atoms with Gasteiger partial charge in [-0.1, -0.05) is 30.3 Å². The van der Waals surface area contributed by atoms with Gasteiger partial charge in [0.1, 0.15) is 11.8 Å². The van der Waals surface area contributed by atoms with E-state index in [1.807, 2.05) is 48.5 Å². The van der Waals surface area contributed by atoms with E-state index in [0.717, 1.165) is 22.2 Å². The molecule has 1 N–H and O–H groups in total. The van der Waals surface area contributed by atoms with Crippen molar-refractivity contribution in [2.24, 2.45) is 0 Å². The lowest BCUT2D eigenvalue weighted by atomic mass is 10.1. The predicted molar refractivity (Wildman–Crippen MR) is 84.6 cm³/mol. The summed E-state index contributed by atoms with van der Waals surface area (Å²) in [5.74, 6) is 0.803. The van der Waals surface area contributed by atoms with Crippen LogP contribution in [0.4, 0.5) is 5.69 Å². The lowest BCUT2D eigenvalue weighted by molar-refractivity contribution is 0.414. The summed E-state index contributed by atoms with van der Waals surface area (Å²) < 4.78 is 5.22.